The van der Waals surface area contributed by atoms with Crippen LogP contribution in [-0.4, -0.2) is 42.1 Å². The van der Waals surface area contributed by atoms with Gasteiger partial charge in [0.2, 0.25) is 0 Å². The van der Waals surface area contributed by atoms with E-state index in [1.54, 1.807) is 6.20 Å². The number of likely N-dealkylation sites (tertiary alicyclic amines) is 1. The van der Waals surface area contributed by atoms with Crippen molar-refractivity contribution in [3.8, 4) is 0 Å². The second kappa shape index (κ2) is 7.24. The summed E-state index contributed by atoms with van der Waals surface area (Å²) in [6.07, 6.45) is 6.73. The summed E-state index contributed by atoms with van der Waals surface area (Å²) in [5.74, 6) is 0.0242. The van der Waals surface area contributed by atoms with Crippen LogP contribution < -0.4 is 0 Å². The van der Waals surface area contributed by atoms with E-state index in [2.05, 4.69) is 16.0 Å². The van der Waals surface area contributed by atoms with Gasteiger partial charge in [-0.15, -0.1) is 0 Å². The first-order valence-corrected chi connectivity index (χ1v) is 7.07. The number of rotatable bonds is 5. The summed E-state index contributed by atoms with van der Waals surface area (Å²) in [6.45, 7) is 5.24. The highest BCUT2D eigenvalue weighted by molar-refractivity contribution is 5.72. The lowest BCUT2D eigenvalue weighted by molar-refractivity contribution is -0.149. The van der Waals surface area contributed by atoms with E-state index >= 15 is 0 Å². The molecule has 1 saturated heterocycles. The van der Waals surface area contributed by atoms with Crippen molar-refractivity contribution in [2.45, 2.75) is 26.2 Å². The minimum Gasteiger partial charge on any atom is -0.466 e. The molecular weight excluding hydrogens is 240 g/mol. The van der Waals surface area contributed by atoms with Gasteiger partial charge in [-0.25, -0.2) is 0 Å². The summed E-state index contributed by atoms with van der Waals surface area (Å²) < 4.78 is 5.12. The van der Waals surface area contributed by atoms with E-state index in [9.17, 15) is 4.79 Å². The van der Waals surface area contributed by atoms with Gasteiger partial charge in [0, 0.05) is 25.5 Å². The van der Waals surface area contributed by atoms with Crippen molar-refractivity contribution in [3.63, 3.8) is 0 Å². The van der Waals surface area contributed by atoms with Crippen molar-refractivity contribution in [2.24, 2.45) is 5.92 Å². The van der Waals surface area contributed by atoms with Gasteiger partial charge in [0.25, 0.3) is 0 Å². The lowest BCUT2D eigenvalue weighted by atomic mass is 9.98. The van der Waals surface area contributed by atoms with Gasteiger partial charge in [0.15, 0.2) is 0 Å². The van der Waals surface area contributed by atoms with Crippen LogP contribution in [0.3, 0.4) is 0 Å². The van der Waals surface area contributed by atoms with Crippen LogP contribution in [0.15, 0.2) is 24.5 Å². The third kappa shape index (κ3) is 4.31. The van der Waals surface area contributed by atoms with Gasteiger partial charge in [0.1, 0.15) is 0 Å². The second-order valence-electron chi connectivity index (χ2n) is 5.00. The van der Waals surface area contributed by atoms with Crippen LogP contribution in [0.2, 0.25) is 0 Å². The molecule has 0 saturated carbocycles. The molecule has 1 aromatic heterocycles. The number of piperidine rings is 1. The summed E-state index contributed by atoms with van der Waals surface area (Å²) in [7, 11) is 0. The van der Waals surface area contributed by atoms with E-state index in [1.165, 1.54) is 5.56 Å². The molecule has 0 spiro atoms. The van der Waals surface area contributed by atoms with E-state index in [-0.39, 0.29) is 11.9 Å². The van der Waals surface area contributed by atoms with Gasteiger partial charge < -0.3 is 9.64 Å². The Hall–Kier alpha value is -1.42. The molecule has 1 aromatic rings. The maximum absolute atomic E-state index is 11.8. The molecule has 2 rings (SSSR count). The molecule has 0 bridgehead atoms. The molecule has 0 aliphatic carbocycles. The highest BCUT2D eigenvalue weighted by atomic mass is 16.5. The molecule has 0 radical (unpaired) electrons. The Morgan fingerprint density at radius 1 is 1.58 bits per heavy atom. The van der Waals surface area contributed by atoms with Crippen LogP contribution >= 0.6 is 0 Å². The SMILES string of the molecule is CCOC(=O)[C@H]1CCCN(CCc2cccnc2)C1. The van der Waals surface area contributed by atoms with Crippen molar-refractivity contribution in [3.05, 3.63) is 30.1 Å². The number of aromatic nitrogens is 1. The summed E-state index contributed by atoms with van der Waals surface area (Å²) in [4.78, 5) is 18.2. The lowest BCUT2D eigenvalue weighted by Crippen LogP contribution is -2.40. The van der Waals surface area contributed by atoms with Gasteiger partial charge in [-0.05, 0) is 44.4 Å². The monoisotopic (exact) mass is 262 g/mol. The smallest absolute Gasteiger partial charge is 0.310 e. The third-order valence-corrected chi connectivity index (χ3v) is 3.56. The summed E-state index contributed by atoms with van der Waals surface area (Å²) in [5.41, 5.74) is 1.25. The summed E-state index contributed by atoms with van der Waals surface area (Å²) in [5, 5.41) is 0. The average Bonchev–Trinajstić information content (AvgIpc) is 2.47. The standard InChI is InChI=1S/C15H22N2O2/c1-2-19-15(18)14-6-4-9-17(12-14)10-7-13-5-3-8-16-11-13/h3,5,8,11,14H,2,4,6-7,9-10,12H2,1H3/t14-/m0/s1. The number of carbonyl (C=O) groups is 1. The Bertz CT molecular complexity index is 394. The zero-order valence-electron chi connectivity index (χ0n) is 11.5. The summed E-state index contributed by atoms with van der Waals surface area (Å²) >= 11 is 0. The fourth-order valence-corrected chi connectivity index (χ4v) is 2.54. The lowest BCUT2D eigenvalue weighted by Gasteiger charge is -2.31. The highest BCUT2D eigenvalue weighted by Gasteiger charge is 2.26. The first kappa shape index (κ1) is 14.0. The van der Waals surface area contributed by atoms with Crippen LogP contribution in [0.25, 0.3) is 0 Å². The first-order valence-electron chi connectivity index (χ1n) is 7.07. The number of nitrogens with zero attached hydrogens (tertiary/aromatic N) is 2. The van der Waals surface area contributed by atoms with Crippen molar-refractivity contribution in [1.29, 1.82) is 0 Å². The van der Waals surface area contributed by atoms with Crippen LogP contribution in [0.5, 0.6) is 0 Å². The molecule has 2 heterocycles. The molecular formula is C15H22N2O2. The molecule has 4 nitrogen and oxygen atoms in total. The molecule has 0 amide bonds. The van der Waals surface area contributed by atoms with Gasteiger partial charge in [-0.3, -0.25) is 9.78 Å². The van der Waals surface area contributed by atoms with Gasteiger partial charge in [0.05, 0.1) is 12.5 Å². The van der Waals surface area contributed by atoms with E-state index in [0.717, 1.165) is 38.9 Å². The topological polar surface area (TPSA) is 42.4 Å². The molecule has 4 heteroatoms. The van der Waals surface area contributed by atoms with E-state index in [4.69, 9.17) is 4.74 Å². The maximum atomic E-state index is 11.8. The Kier molecular flexibility index (Phi) is 5.33. The Morgan fingerprint density at radius 2 is 2.47 bits per heavy atom. The van der Waals surface area contributed by atoms with Crippen molar-refractivity contribution >= 4 is 5.97 Å². The maximum Gasteiger partial charge on any atom is 0.310 e. The number of hydrogen-bond donors (Lipinski definition) is 0. The predicted octanol–water partition coefficient (Wildman–Crippen LogP) is 1.90. The Morgan fingerprint density at radius 3 is 3.21 bits per heavy atom. The van der Waals surface area contributed by atoms with Gasteiger partial charge >= 0.3 is 5.97 Å². The number of hydrogen-bond acceptors (Lipinski definition) is 4. The summed E-state index contributed by atoms with van der Waals surface area (Å²) in [6, 6.07) is 4.06. The number of esters is 1. The van der Waals surface area contributed by atoms with Crippen molar-refractivity contribution in [2.75, 3.05) is 26.2 Å². The fraction of sp³-hybridized carbons (Fsp3) is 0.600. The predicted molar refractivity (Wildman–Crippen MR) is 73.7 cm³/mol. The molecule has 1 aliphatic rings. The molecule has 1 atom stereocenters. The van der Waals surface area contributed by atoms with Crippen LogP contribution in [0.4, 0.5) is 0 Å². The van der Waals surface area contributed by atoms with E-state index in [0.29, 0.717) is 6.61 Å². The molecule has 104 valence electrons. The average molecular weight is 262 g/mol. The normalized spacial score (nSPS) is 20.2. The largest absolute Gasteiger partial charge is 0.466 e. The van der Waals surface area contributed by atoms with Gasteiger partial charge in [-0.1, -0.05) is 6.07 Å². The van der Waals surface area contributed by atoms with E-state index in [1.807, 2.05) is 19.2 Å². The number of pyridine rings is 1. The second-order valence-corrected chi connectivity index (χ2v) is 5.00. The molecule has 0 aromatic carbocycles. The molecule has 1 fully saturated rings. The molecule has 0 N–H and O–H groups in total. The quantitative estimate of drug-likeness (QED) is 0.760. The minimum absolute atomic E-state index is 0.0337. The van der Waals surface area contributed by atoms with Crippen LogP contribution in [-0.2, 0) is 16.0 Å². The molecule has 19 heavy (non-hydrogen) atoms. The van der Waals surface area contributed by atoms with Crippen LogP contribution in [0, 0.1) is 5.92 Å². The fourth-order valence-electron chi connectivity index (χ4n) is 2.54. The van der Waals surface area contributed by atoms with E-state index < -0.39 is 0 Å². The van der Waals surface area contributed by atoms with Crippen molar-refractivity contribution < 1.29 is 9.53 Å². The Labute approximate surface area is 114 Å². The van der Waals surface area contributed by atoms with Gasteiger partial charge in [-0.2, -0.15) is 0 Å². The first-order chi connectivity index (χ1) is 9.29. The molecule has 0 unspecified atom stereocenters. The third-order valence-electron chi connectivity index (χ3n) is 3.56. The molecule has 1 aliphatic heterocycles. The Balaban J connectivity index is 1.79. The minimum atomic E-state index is -0.0337. The zero-order chi connectivity index (χ0) is 13.5. The van der Waals surface area contributed by atoms with Crippen LogP contribution in [0.1, 0.15) is 25.3 Å². The zero-order valence-corrected chi connectivity index (χ0v) is 11.5. The highest BCUT2D eigenvalue weighted by Crippen LogP contribution is 2.18. The number of ether oxygens (including phenoxy) is 1. The number of carbonyl (C=O) groups excluding carboxylic acids is 1. The van der Waals surface area contributed by atoms with Crippen molar-refractivity contribution in [1.82, 2.24) is 9.88 Å².